The standard InChI is InChI=1S/C28H27N3O3S/c1-22-17-19-26(20-18-22)35(33,34)30-27(21-23-11-5-2-6-12-23)28(32)29-31(24-13-7-3-8-14-24)25-15-9-4-10-16-25/h2-20,27,30H,21H2,1H3,(H,29,32)/t27-/m0/s1. The van der Waals surface area contributed by atoms with Crippen molar-refractivity contribution in [3.05, 3.63) is 126 Å². The van der Waals surface area contributed by atoms with Crippen LogP contribution in [-0.2, 0) is 21.2 Å². The Hall–Kier alpha value is -3.94. The summed E-state index contributed by atoms with van der Waals surface area (Å²) in [5, 5.41) is 1.65. The SMILES string of the molecule is Cc1ccc(S(=O)(=O)N[C@@H](Cc2ccccc2)C(=O)NN(c2ccccc2)c2ccccc2)cc1. The molecule has 0 spiro atoms. The van der Waals surface area contributed by atoms with Crippen molar-refractivity contribution in [1.29, 1.82) is 0 Å². The molecular formula is C28H27N3O3S. The third kappa shape index (κ3) is 6.35. The number of hydrogen-bond donors (Lipinski definition) is 2. The number of nitrogens with zero attached hydrogens (tertiary/aromatic N) is 1. The molecule has 178 valence electrons. The predicted molar refractivity (Wildman–Crippen MR) is 139 cm³/mol. The highest BCUT2D eigenvalue weighted by Gasteiger charge is 2.28. The summed E-state index contributed by atoms with van der Waals surface area (Å²) >= 11 is 0. The largest absolute Gasteiger partial charge is 0.271 e. The second-order valence-electron chi connectivity index (χ2n) is 8.16. The lowest BCUT2D eigenvalue weighted by atomic mass is 10.1. The van der Waals surface area contributed by atoms with Crippen LogP contribution in [0.15, 0.2) is 120 Å². The number of aryl methyl sites for hydroxylation is 1. The quantitative estimate of drug-likeness (QED) is 0.335. The maximum Gasteiger partial charge on any atom is 0.257 e. The second kappa shape index (κ2) is 11.0. The molecule has 4 aromatic rings. The Labute approximate surface area is 206 Å². The molecule has 4 rings (SSSR count). The van der Waals surface area contributed by atoms with E-state index in [0.29, 0.717) is 0 Å². The normalized spacial score (nSPS) is 12.0. The van der Waals surface area contributed by atoms with Gasteiger partial charge in [0, 0.05) is 0 Å². The average Bonchev–Trinajstić information content (AvgIpc) is 2.88. The lowest BCUT2D eigenvalue weighted by Gasteiger charge is -2.28. The van der Waals surface area contributed by atoms with Crippen LogP contribution in [-0.4, -0.2) is 20.4 Å². The minimum Gasteiger partial charge on any atom is -0.271 e. The first kappa shape index (κ1) is 24.2. The van der Waals surface area contributed by atoms with Crippen molar-refractivity contribution in [2.75, 3.05) is 5.01 Å². The summed E-state index contributed by atoms with van der Waals surface area (Å²) in [4.78, 5) is 13.7. The van der Waals surface area contributed by atoms with Gasteiger partial charge in [-0.2, -0.15) is 4.72 Å². The molecule has 0 fully saturated rings. The van der Waals surface area contributed by atoms with Gasteiger partial charge in [-0.3, -0.25) is 15.2 Å². The van der Waals surface area contributed by atoms with Crippen molar-refractivity contribution in [2.45, 2.75) is 24.3 Å². The van der Waals surface area contributed by atoms with Crippen LogP contribution >= 0.6 is 0 Å². The van der Waals surface area contributed by atoms with Crippen LogP contribution in [0.4, 0.5) is 11.4 Å². The zero-order chi connectivity index (χ0) is 24.7. The molecule has 6 nitrogen and oxygen atoms in total. The number of carbonyl (C=O) groups is 1. The fourth-order valence-corrected chi connectivity index (χ4v) is 4.83. The number of benzene rings is 4. The van der Waals surface area contributed by atoms with Crippen LogP contribution in [0.1, 0.15) is 11.1 Å². The third-order valence-electron chi connectivity index (χ3n) is 5.48. The van der Waals surface area contributed by atoms with Crippen LogP contribution in [0.2, 0.25) is 0 Å². The Morgan fingerprint density at radius 3 is 1.74 bits per heavy atom. The van der Waals surface area contributed by atoms with Gasteiger partial charge in [0.15, 0.2) is 0 Å². The Morgan fingerprint density at radius 1 is 0.743 bits per heavy atom. The Balaban J connectivity index is 1.65. The first-order chi connectivity index (χ1) is 16.9. The van der Waals surface area contributed by atoms with Gasteiger partial charge >= 0.3 is 0 Å². The topological polar surface area (TPSA) is 78.5 Å². The molecule has 0 bridgehead atoms. The first-order valence-corrected chi connectivity index (χ1v) is 12.7. The Bertz CT molecular complexity index is 1310. The molecule has 7 heteroatoms. The number of nitrogens with one attached hydrogen (secondary N) is 2. The van der Waals surface area contributed by atoms with Crippen LogP contribution in [0, 0.1) is 6.92 Å². The maximum absolute atomic E-state index is 13.6. The van der Waals surface area contributed by atoms with E-state index < -0.39 is 22.0 Å². The molecule has 35 heavy (non-hydrogen) atoms. The molecule has 0 aliphatic carbocycles. The molecule has 1 atom stereocenters. The number of rotatable bonds is 9. The highest BCUT2D eigenvalue weighted by Crippen LogP contribution is 2.23. The van der Waals surface area contributed by atoms with E-state index in [2.05, 4.69) is 10.1 Å². The predicted octanol–water partition coefficient (Wildman–Crippen LogP) is 4.75. The van der Waals surface area contributed by atoms with Gasteiger partial charge in [0.25, 0.3) is 5.91 Å². The number of anilines is 2. The van der Waals surface area contributed by atoms with E-state index in [4.69, 9.17) is 0 Å². The molecule has 0 aromatic heterocycles. The average molecular weight is 486 g/mol. The summed E-state index contributed by atoms with van der Waals surface area (Å²) in [5.41, 5.74) is 6.19. The van der Waals surface area contributed by atoms with E-state index in [0.717, 1.165) is 22.5 Å². The smallest absolute Gasteiger partial charge is 0.257 e. The highest BCUT2D eigenvalue weighted by molar-refractivity contribution is 7.89. The van der Waals surface area contributed by atoms with Gasteiger partial charge in [0.2, 0.25) is 10.0 Å². The second-order valence-corrected chi connectivity index (χ2v) is 9.87. The van der Waals surface area contributed by atoms with Crippen molar-refractivity contribution in [1.82, 2.24) is 10.1 Å². The molecule has 4 aromatic carbocycles. The number of carbonyl (C=O) groups excluding carboxylic acids is 1. The Kier molecular flexibility index (Phi) is 7.60. The van der Waals surface area contributed by atoms with E-state index in [1.807, 2.05) is 97.9 Å². The summed E-state index contributed by atoms with van der Waals surface area (Å²) in [6.07, 6.45) is 0.190. The maximum atomic E-state index is 13.6. The van der Waals surface area contributed by atoms with Crippen molar-refractivity contribution >= 4 is 27.3 Å². The van der Waals surface area contributed by atoms with Crippen LogP contribution in [0.3, 0.4) is 0 Å². The van der Waals surface area contributed by atoms with Gasteiger partial charge in [-0.15, -0.1) is 0 Å². The van der Waals surface area contributed by atoms with Gasteiger partial charge in [-0.05, 0) is 55.3 Å². The molecule has 0 saturated carbocycles. The van der Waals surface area contributed by atoms with Crippen LogP contribution in [0.25, 0.3) is 0 Å². The van der Waals surface area contributed by atoms with Crippen LogP contribution < -0.4 is 15.2 Å². The number of hydrogen-bond acceptors (Lipinski definition) is 4. The van der Waals surface area contributed by atoms with E-state index in [9.17, 15) is 13.2 Å². The molecule has 0 saturated heterocycles. The highest BCUT2D eigenvalue weighted by atomic mass is 32.2. The molecule has 0 heterocycles. The van der Waals surface area contributed by atoms with Crippen LogP contribution in [0.5, 0.6) is 0 Å². The summed E-state index contributed by atoms with van der Waals surface area (Å²) in [6.45, 7) is 1.89. The van der Waals surface area contributed by atoms with Crippen molar-refractivity contribution < 1.29 is 13.2 Å². The minimum atomic E-state index is -3.94. The molecule has 2 N–H and O–H groups in total. The zero-order valence-corrected chi connectivity index (χ0v) is 20.2. The van der Waals surface area contributed by atoms with E-state index in [-0.39, 0.29) is 11.3 Å². The third-order valence-corrected chi connectivity index (χ3v) is 6.97. The first-order valence-electron chi connectivity index (χ1n) is 11.3. The summed E-state index contributed by atoms with van der Waals surface area (Å²) in [6, 6.07) is 33.6. The lowest BCUT2D eigenvalue weighted by molar-refractivity contribution is -0.122. The Morgan fingerprint density at radius 2 is 1.23 bits per heavy atom. The number of para-hydroxylation sites is 2. The van der Waals surface area contributed by atoms with Gasteiger partial charge in [-0.25, -0.2) is 8.42 Å². The minimum absolute atomic E-state index is 0.108. The van der Waals surface area contributed by atoms with Gasteiger partial charge in [0.05, 0.1) is 16.3 Å². The van der Waals surface area contributed by atoms with Gasteiger partial charge < -0.3 is 0 Å². The van der Waals surface area contributed by atoms with Crippen molar-refractivity contribution in [3.8, 4) is 0 Å². The molecule has 0 radical (unpaired) electrons. The monoisotopic (exact) mass is 485 g/mol. The van der Waals surface area contributed by atoms with E-state index in [1.165, 1.54) is 12.1 Å². The zero-order valence-electron chi connectivity index (χ0n) is 19.3. The molecule has 0 unspecified atom stereocenters. The fraction of sp³-hybridized carbons (Fsp3) is 0.107. The number of sulfonamides is 1. The van der Waals surface area contributed by atoms with Crippen molar-refractivity contribution in [2.24, 2.45) is 0 Å². The van der Waals surface area contributed by atoms with Gasteiger partial charge in [-0.1, -0.05) is 84.4 Å². The summed E-state index contributed by atoms with van der Waals surface area (Å²) < 4.78 is 29.0. The molecular weight excluding hydrogens is 458 g/mol. The van der Waals surface area contributed by atoms with Crippen molar-refractivity contribution in [3.63, 3.8) is 0 Å². The van der Waals surface area contributed by atoms with Gasteiger partial charge in [0.1, 0.15) is 6.04 Å². The van der Waals surface area contributed by atoms with E-state index >= 15 is 0 Å². The van der Waals surface area contributed by atoms with E-state index in [1.54, 1.807) is 17.1 Å². The lowest BCUT2D eigenvalue weighted by Crippen LogP contribution is -2.52. The molecule has 0 aliphatic heterocycles. The number of hydrazine groups is 1. The fourth-order valence-electron chi connectivity index (χ4n) is 3.63. The summed E-state index contributed by atoms with van der Waals surface area (Å²) in [5.74, 6) is -0.475. The summed E-state index contributed by atoms with van der Waals surface area (Å²) in [7, 11) is -3.94. The molecule has 1 amide bonds. The number of amides is 1. The molecule has 0 aliphatic rings.